The minimum Gasteiger partial charge on any atom is -0.327 e. The maximum Gasteiger partial charge on any atom is 0.277 e. The molecule has 1 heterocycles. The van der Waals surface area contributed by atoms with Crippen molar-refractivity contribution in [2.45, 2.75) is 30.2 Å². The zero-order valence-corrected chi connectivity index (χ0v) is 12.0. The molecule has 0 fully saturated rings. The summed E-state index contributed by atoms with van der Waals surface area (Å²) in [7, 11) is 1.96. The van der Waals surface area contributed by atoms with E-state index < -0.39 is 0 Å². The fraction of sp³-hybridized carbons (Fsp3) is 0.333. The van der Waals surface area contributed by atoms with Crippen LogP contribution in [0.4, 0.5) is 4.39 Å². The molecule has 1 aliphatic rings. The normalized spacial score (nSPS) is 13.5. The number of aromatic nitrogens is 2. The van der Waals surface area contributed by atoms with Crippen LogP contribution in [0.5, 0.6) is 0 Å². The first-order valence-electron chi connectivity index (χ1n) is 6.61. The Morgan fingerprint density at radius 2 is 2.05 bits per heavy atom. The summed E-state index contributed by atoms with van der Waals surface area (Å²) in [6.45, 7) is 0. The molecule has 2 aromatic rings. The molecule has 5 heteroatoms. The van der Waals surface area contributed by atoms with E-state index in [-0.39, 0.29) is 11.4 Å². The first-order chi connectivity index (χ1) is 9.65. The topological polar surface area (TPSA) is 34.9 Å². The number of hydrogen-bond acceptors (Lipinski definition) is 3. The monoisotopic (exact) mass is 290 g/mol. The molecule has 20 heavy (non-hydrogen) atoms. The van der Waals surface area contributed by atoms with Gasteiger partial charge in [0.05, 0.1) is 0 Å². The molecule has 0 saturated carbocycles. The third kappa shape index (κ3) is 2.50. The van der Waals surface area contributed by atoms with Crippen molar-refractivity contribution in [2.24, 2.45) is 7.05 Å². The van der Waals surface area contributed by atoms with Gasteiger partial charge in [-0.25, -0.2) is 4.39 Å². The molecule has 0 bridgehead atoms. The molecule has 0 spiro atoms. The fourth-order valence-corrected chi connectivity index (χ4v) is 3.47. The van der Waals surface area contributed by atoms with Crippen molar-refractivity contribution in [3.05, 3.63) is 57.3 Å². The molecule has 0 unspecified atom stereocenters. The summed E-state index contributed by atoms with van der Waals surface area (Å²) in [6.07, 6.45) is 2.83. The first-order valence-corrected chi connectivity index (χ1v) is 7.60. The second-order valence-electron chi connectivity index (χ2n) is 4.95. The summed E-state index contributed by atoms with van der Waals surface area (Å²) in [5.74, 6) is 0.445. The molecule has 0 atom stereocenters. The predicted molar refractivity (Wildman–Crippen MR) is 77.5 cm³/mol. The first kappa shape index (κ1) is 13.4. The van der Waals surface area contributed by atoms with Crippen LogP contribution in [0.1, 0.15) is 23.2 Å². The van der Waals surface area contributed by atoms with Gasteiger partial charge in [-0.1, -0.05) is 23.9 Å². The Hall–Kier alpha value is -1.62. The van der Waals surface area contributed by atoms with Gasteiger partial charge in [-0.2, -0.15) is 4.98 Å². The van der Waals surface area contributed by atoms with Crippen molar-refractivity contribution in [1.82, 2.24) is 9.55 Å². The van der Waals surface area contributed by atoms with Crippen molar-refractivity contribution < 1.29 is 4.39 Å². The molecule has 0 amide bonds. The lowest BCUT2D eigenvalue weighted by atomic mass is 10.2. The highest BCUT2D eigenvalue weighted by molar-refractivity contribution is 7.98. The molecule has 3 rings (SSSR count). The van der Waals surface area contributed by atoms with Crippen molar-refractivity contribution in [2.75, 3.05) is 0 Å². The molecule has 3 nitrogen and oxygen atoms in total. The Kier molecular flexibility index (Phi) is 3.61. The largest absolute Gasteiger partial charge is 0.327 e. The van der Waals surface area contributed by atoms with E-state index in [0.29, 0.717) is 5.75 Å². The maximum atomic E-state index is 12.9. The molecule has 0 radical (unpaired) electrons. The van der Waals surface area contributed by atoms with Crippen LogP contribution in [0.3, 0.4) is 0 Å². The van der Waals surface area contributed by atoms with E-state index in [1.165, 1.54) is 23.9 Å². The molecular weight excluding hydrogens is 275 g/mol. The van der Waals surface area contributed by atoms with Gasteiger partial charge in [0.15, 0.2) is 5.16 Å². The third-order valence-electron chi connectivity index (χ3n) is 3.62. The van der Waals surface area contributed by atoms with E-state index in [4.69, 9.17) is 0 Å². The number of nitrogens with zero attached hydrogens (tertiary/aromatic N) is 2. The highest BCUT2D eigenvalue weighted by Gasteiger charge is 2.19. The Balaban J connectivity index is 1.83. The van der Waals surface area contributed by atoms with Gasteiger partial charge in [-0.05, 0) is 37.0 Å². The van der Waals surface area contributed by atoms with Crippen LogP contribution in [0.2, 0.25) is 0 Å². The summed E-state index contributed by atoms with van der Waals surface area (Å²) in [5, 5.41) is 0.736. The SMILES string of the molecule is Cn1c(SCc2ccc(F)cc2)nc(=O)c2c1CCC2. The molecule has 1 aromatic carbocycles. The lowest BCUT2D eigenvalue weighted by molar-refractivity contribution is 0.627. The van der Waals surface area contributed by atoms with Crippen LogP contribution in [-0.4, -0.2) is 9.55 Å². The van der Waals surface area contributed by atoms with Gasteiger partial charge in [0.2, 0.25) is 0 Å². The van der Waals surface area contributed by atoms with Crippen LogP contribution in [-0.2, 0) is 25.6 Å². The van der Waals surface area contributed by atoms with E-state index in [1.807, 2.05) is 11.6 Å². The molecule has 104 valence electrons. The van der Waals surface area contributed by atoms with Gasteiger partial charge < -0.3 is 4.57 Å². The van der Waals surface area contributed by atoms with Gasteiger partial charge >= 0.3 is 0 Å². The van der Waals surface area contributed by atoms with Crippen LogP contribution >= 0.6 is 11.8 Å². The summed E-state index contributed by atoms with van der Waals surface area (Å²) < 4.78 is 14.9. The molecule has 0 aliphatic heterocycles. The average Bonchev–Trinajstić information content (AvgIpc) is 2.93. The smallest absolute Gasteiger partial charge is 0.277 e. The minimum absolute atomic E-state index is 0.0859. The Morgan fingerprint density at radius 3 is 2.80 bits per heavy atom. The Morgan fingerprint density at radius 1 is 1.30 bits per heavy atom. The number of rotatable bonds is 3. The third-order valence-corrected chi connectivity index (χ3v) is 4.72. The summed E-state index contributed by atoms with van der Waals surface area (Å²) in [6, 6.07) is 6.41. The fourth-order valence-electron chi connectivity index (χ4n) is 2.53. The number of benzene rings is 1. The summed E-state index contributed by atoms with van der Waals surface area (Å²) in [4.78, 5) is 16.1. The van der Waals surface area contributed by atoms with Crippen molar-refractivity contribution in [3.8, 4) is 0 Å². The minimum atomic E-state index is -0.234. The molecule has 1 aliphatic carbocycles. The van der Waals surface area contributed by atoms with Crippen LogP contribution in [0, 0.1) is 5.82 Å². The molecule has 0 saturated heterocycles. The highest BCUT2D eigenvalue weighted by atomic mass is 32.2. The standard InChI is InChI=1S/C15H15FN2OS/c1-18-13-4-2-3-12(13)14(19)17-15(18)20-9-10-5-7-11(16)8-6-10/h5-8H,2-4,9H2,1H3. The lowest BCUT2D eigenvalue weighted by Crippen LogP contribution is -2.19. The van der Waals surface area contributed by atoms with Gasteiger partial charge in [-0.3, -0.25) is 4.79 Å². The van der Waals surface area contributed by atoms with Gasteiger partial charge in [0.25, 0.3) is 5.56 Å². The second kappa shape index (κ2) is 5.40. The Labute approximate surface area is 120 Å². The van der Waals surface area contributed by atoms with Gasteiger partial charge in [0.1, 0.15) is 5.82 Å². The van der Waals surface area contributed by atoms with Gasteiger partial charge in [-0.15, -0.1) is 0 Å². The zero-order valence-electron chi connectivity index (χ0n) is 11.2. The molecule has 1 aromatic heterocycles. The molecule has 0 N–H and O–H groups in total. The van der Waals surface area contributed by atoms with E-state index >= 15 is 0 Å². The maximum absolute atomic E-state index is 12.9. The van der Waals surface area contributed by atoms with E-state index in [1.54, 1.807) is 12.1 Å². The number of halogens is 1. The average molecular weight is 290 g/mol. The van der Waals surface area contributed by atoms with Crippen molar-refractivity contribution >= 4 is 11.8 Å². The van der Waals surface area contributed by atoms with Crippen LogP contribution in [0.25, 0.3) is 0 Å². The lowest BCUT2D eigenvalue weighted by Gasteiger charge is -2.12. The van der Waals surface area contributed by atoms with Crippen molar-refractivity contribution in [3.63, 3.8) is 0 Å². The van der Waals surface area contributed by atoms with Gasteiger partial charge in [0, 0.05) is 24.1 Å². The predicted octanol–water partition coefficient (Wildman–Crippen LogP) is 2.70. The second-order valence-corrected chi connectivity index (χ2v) is 5.89. The summed E-state index contributed by atoms with van der Waals surface area (Å²) in [5.41, 5.74) is 2.92. The summed E-state index contributed by atoms with van der Waals surface area (Å²) >= 11 is 1.52. The number of hydrogen-bond donors (Lipinski definition) is 0. The van der Waals surface area contributed by atoms with E-state index in [9.17, 15) is 9.18 Å². The number of fused-ring (bicyclic) bond motifs is 1. The quantitative estimate of drug-likeness (QED) is 0.644. The van der Waals surface area contributed by atoms with E-state index in [0.717, 1.165) is 41.2 Å². The van der Waals surface area contributed by atoms with E-state index in [2.05, 4.69) is 4.98 Å². The van der Waals surface area contributed by atoms with Crippen LogP contribution < -0.4 is 5.56 Å². The number of thioether (sulfide) groups is 1. The van der Waals surface area contributed by atoms with Crippen molar-refractivity contribution in [1.29, 1.82) is 0 Å². The zero-order chi connectivity index (χ0) is 14.1. The molecular formula is C15H15FN2OS. The van der Waals surface area contributed by atoms with Crippen LogP contribution in [0.15, 0.2) is 34.2 Å². The Bertz CT molecular complexity index is 694. The highest BCUT2D eigenvalue weighted by Crippen LogP contribution is 2.24.